The van der Waals surface area contributed by atoms with Gasteiger partial charge in [-0.15, -0.1) is 0 Å². The SMILES string of the molecule is CCN1C=C2C(=NC(/C=C/c3ccc(OC4CCNCC4)cc3)N2C)N(CC)C1. The number of fused-ring (bicyclic) bond motifs is 1. The number of benzene rings is 1. The molecule has 4 rings (SSSR count). The van der Waals surface area contributed by atoms with Crippen molar-refractivity contribution < 1.29 is 4.74 Å². The Labute approximate surface area is 174 Å². The van der Waals surface area contributed by atoms with Crippen LogP contribution in [0.5, 0.6) is 5.75 Å². The van der Waals surface area contributed by atoms with Crippen LogP contribution in [0.4, 0.5) is 0 Å². The topological polar surface area (TPSA) is 43.3 Å². The summed E-state index contributed by atoms with van der Waals surface area (Å²) in [5.41, 5.74) is 2.38. The first-order valence-corrected chi connectivity index (χ1v) is 10.9. The van der Waals surface area contributed by atoms with Gasteiger partial charge < -0.3 is 24.8 Å². The van der Waals surface area contributed by atoms with Gasteiger partial charge in [-0.2, -0.15) is 0 Å². The van der Waals surface area contributed by atoms with Crippen LogP contribution in [0, 0.1) is 0 Å². The van der Waals surface area contributed by atoms with Gasteiger partial charge in [-0.05, 0) is 63.6 Å². The summed E-state index contributed by atoms with van der Waals surface area (Å²) >= 11 is 0. The van der Waals surface area contributed by atoms with Crippen LogP contribution in [-0.4, -0.2) is 72.7 Å². The van der Waals surface area contributed by atoms with Crippen molar-refractivity contribution in [1.29, 1.82) is 0 Å². The predicted molar refractivity (Wildman–Crippen MR) is 119 cm³/mol. The summed E-state index contributed by atoms with van der Waals surface area (Å²) < 4.78 is 6.10. The molecule has 1 atom stereocenters. The normalized spacial score (nSPS) is 22.7. The van der Waals surface area contributed by atoms with E-state index in [1.54, 1.807) is 0 Å². The molecular formula is C23H33N5O. The van der Waals surface area contributed by atoms with Crippen LogP contribution in [-0.2, 0) is 0 Å². The molecular weight excluding hydrogens is 362 g/mol. The summed E-state index contributed by atoms with van der Waals surface area (Å²) in [7, 11) is 2.13. The van der Waals surface area contributed by atoms with E-state index < -0.39 is 0 Å². The van der Waals surface area contributed by atoms with E-state index in [9.17, 15) is 0 Å². The molecule has 1 fully saturated rings. The number of rotatable bonds is 6. The smallest absolute Gasteiger partial charge is 0.152 e. The summed E-state index contributed by atoms with van der Waals surface area (Å²) in [6.07, 6.45) is 9.11. The lowest BCUT2D eigenvalue weighted by Gasteiger charge is -2.36. The van der Waals surface area contributed by atoms with Gasteiger partial charge in [-0.1, -0.05) is 18.2 Å². The third-order valence-electron chi connectivity index (χ3n) is 5.93. The van der Waals surface area contributed by atoms with Crippen molar-refractivity contribution in [1.82, 2.24) is 20.0 Å². The molecule has 1 aromatic rings. The van der Waals surface area contributed by atoms with Crippen LogP contribution in [0.3, 0.4) is 0 Å². The fraction of sp³-hybridized carbons (Fsp3) is 0.522. The molecule has 1 unspecified atom stereocenters. The number of hydrogen-bond acceptors (Lipinski definition) is 6. The fourth-order valence-corrected chi connectivity index (χ4v) is 4.04. The third-order valence-corrected chi connectivity index (χ3v) is 5.93. The van der Waals surface area contributed by atoms with Gasteiger partial charge in [-0.25, -0.2) is 4.99 Å². The molecule has 1 aromatic carbocycles. The largest absolute Gasteiger partial charge is 0.490 e. The second kappa shape index (κ2) is 8.91. The molecule has 6 nitrogen and oxygen atoms in total. The Morgan fingerprint density at radius 2 is 1.90 bits per heavy atom. The second-order valence-electron chi connectivity index (χ2n) is 7.89. The monoisotopic (exact) mass is 395 g/mol. The minimum Gasteiger partial charge on any atom is -0.490 e. The van der Waals surface area contributed by atoms with Crippen LogP contribution in [0.25, 0.3) is 6.08 Å². The van der Waals surface area contributed by atoms with Crippen LogP contribution < -0.4 is 10.1 Å². The highest BCUT2D eigenvalue weighted by atomic mass is 16.5. The van der Waals surface area contributed by atoms with Crippen LogP contribution >= 0.6 is 0 Å². The molecule has 0 saturated carbocycles. The summed E-state index contributed by atoms with van der Waals surface area (Å²) in [5, 5.41) is 3.37. The molecule has 3 aliphatic rings. The van der Waals surface area contributed by atoms with Crippen molar-refractivity contribution in [2.45, 2.75) is 39.0 Å². The van der Waals surface area contributed by atoms with Crippen molar-refractivity contribution >= 4 is 11.9 Å². The van der Waals surface area contributed by atoms with E-state index >= 15 is 0 Å². The Bertz CT molecular complexity index is 779. The average Bonchev–Trinajstić information content (AvgIpc) is 3.09. The highest BCUT2D eigenvalue weighted by Gasteiger charge is 2.33. The lowest BCUT2D eigenvalue weighted by atomic mass is 10.1. The van der Waals surface area contributed by atoms with E-state index in [0.717, 1.165) is 57.3 Å². The predicted octanol–water partition coefficient (Wildman–Crippen LogP) is 2.96. The Balaban J connectivity index is 1.42. The molecule has 0 aliphatic carbocycles. The molecule has 1 saturated heterocycles. The number of piperidine rings is 1. The molecule has 0 spiro atoms. The van der Waals surface area contributed by atoms with Gasteiger partial charge in [0.15, 0.2) is 5.84 Å². The number of nitrogens with one attached hydrogen (secondary N) is 1. The van der Waals surface area contributed by atoms with E-state index in [1.165, 1.54) is 11.3 Å². The standard InChI is InChI=1S/C23H33N5O/c1-4-27-16-21-23(28(5-2)17-27)25-22(26(21)3)11-8-18-6-9-19(10-7-18)29-20-12-14-24-15-13-20/h6-11,16,20,22,24H,4-5,12-15,17H2,1-3H3/b11-8+. The molecule has 0 radical (unpaired) electrons. The molecule has 156 valence electrons. The number of ether oxygens (including phenoxy) is 1. The minimum absolute atomic E-state index is 0.0350. The zero-order valence-corrected chi connectivity index (χ0v) is 17.8. The van der Waals surface area contributed by atoms with Gasteiger partial charge in [0.25, 0.3) is 0 Å². The molecule has 6 heteroatoms. The van der Waals surface area contributed by atoms with E-state index in [2.05, 4.69) is 83.5 Å². The average molecular weight is 396 g/mol. The van der Waals surface area contributed by atoms with Crippen molar-refractivity contribution in [3.8, 4) is 5.75 Å². The van der Waals surface area contributed by atoms with E-state index in [1.807, 2.05) is 0 Å². The van der Waals surface area contributed by atoms with Gasteiger partial charge in [0.1, 0.15) is 18.0 Å². The number of nitrogens with zero attached hydrogens (tertiary/aromatic N) is 4. The fourth-order valence-electron chi connectivity index (χ4n) is 4.04. The number of hydrogen-bond donors (Lipinski definition) is 1. The molecule has 1 N–H and O–H groups in total. The molecule has 29 heavy (non-hydrogen) atoms. The summed E-state index contributed by atoms with van der Waals surface area (Å²) in [6, 6.07) is 8.40. The maximum atomic E-state index is 6.10. The molecule has 3 heterocycles. The maximum Gasteiger partial charge on any atom is 0.152 e. The zero-order valence-electron chi connectivity index (χ0n) is 17.8. The second-order valence-corrected chi connectivity index (χ2v) is 7.89. The van der Waals surface area contributed by atoms with Crippen molar-refractivity contribution in [3.05, 3.63) is 47.8 Å². The molecule has 0 amide bonds. The van der Waals surface area contributed by atoms with E-state index in [-0.39, 0.29) is 6.17 Å². The minimum atomic E-state index is 0.0350. The highest BCUT2D eigenvalue weighted by Crippen LogP contribution is 2.26. The lowest BCUT2D eigenvalue weighted by Crippen LogP contribution is -2.45. The summed E-state index contributed by atoms with van der Waals surface area (Å²) in [5.74, 6) is 2.07. The summed E-state index contributed by atoms with van der Waals surface area (Å²) in [6.45, 7) is 9.37. The third kappa shape index (κ3) is 4.42. The van der Waals surface area contributed by atoms with Crippen molar-refractivity contribution in [2.75, 3.05) is 39.9 Å². The quantitative estimate of drug-likeness (QED) is 0.802. The van der Waals surface area contributed by atoms with Crippen LogP contribution in [0.1, 0.15) is 32.3 Å². The van der Waals surface area contributed by atoms with Gasteiger partial charge >= 0.3 is 0 Å². The molecule has 3 aliphatic heterocycles. The summed E-state index contributed by atoms with van der Waals surface area (Å²) in [4.78, 5) is 11.9. The molecule has 0 aromatic heterocycles. The maximum absolute atomic E-state index is 6.10. The molecule has 0 bridgehead atoms. The van der Waals surface area contributed by atoms with Crippen molar-refractivity contribution in [2.24, 2.45) is 4.99 Å². The zero-order chi connectivity index (χ0) is 20.2. The number of amidine groups is 1. The first-order chi connectivity index (χ1) is 14.2. The van der Waals surface area contributed by atoms with Crippen LogP contribution in [0.15, 0.2) is 47.2 Å². The van der Waals surface area contributed by atoms with Gasteiger partial charge in [0.2, 0.25) is 0 Å². The van der Waals surface area contributed by atoms with Gasteiger partial charge in [0.05, 0.1) is 12.4 Å². The van der Waals surface area contributed by atoms with E-state index in [4.69, 9.17) is 9.73 Å². The van der Waals surface area contributed by atoms with Gasteiger partial charge in [0, 0.05) is 26.3 Å². The Kier molecular flexibility index (Phi) is 6.09. The van der Waals surface area contributed by atoms with E-state index in [0.29, 0.717) is 6.10 Å². The lowest BCUT2D eigenvalue weighted by molar-refractivity contribution is 0.162. The number of aliphatic imine (C=N–C) groups is 1. The Hall–Kier alpha value is -2.47. The Morgan fingerprint density at radius 3 is 2.59 bits per heavy atom. The Morgan fingerprint density at radius 1 is 1.14 bits per heavy atom. The first kappa shape index (κ1) is 19.8. The van der Waals surface area contributed by atoms with Crippen molar-refractivity contribution in [3.63, 3.8) is 0 Å². The number of likely N-dealkylation sites (N-methyl/N-ethyl adjacent to an activating group) is 2. The van der Waals surface area contributed by atoms with Gasteiger partial charge in [-0.3, -0.25) is 0 Å². The van der Waals surface area contributed by atoms with Crippen LogP contribution in [0.2, 0.25) is 0 Å². The first-order valence-electron chi connectivity index (χ1n) is 10.9. The highest BCUT2D eigenvalue weighted by molar-refractivity contribution is 6.00.